The minimum Gasteiger partial charge on any atom is -0.335 e. The Morgan fingerprint density at radius 2 is 2.25 bits per heavy atom. The summed E-state index contributed by atoms with van der Waals surface area (Å²) in [5, 5.41) is 6.27. The van der Waals surface area contributed by atoms with Crippen LogP contribution in [0.15, 0.2) is 12.4 Å². The summed E-state index contributed by atoms with van der Waals surface area (Å²) < 4.78 is 1.54. The van der Waals surface area contributed by atoms with Gasteiger partial charge in [-0.05, 0) is 32.9 Å². The van der Waals surface area contributed by atoms with Crippen molar-refractivity contribution >= 4 is 18.4 Å². The first-order valence-electron chi connectivity index (χ1n) is 5.29. The van der Waals surface area contributed by atoms with Crippen molar-refractivity contribution < 1.29 is 4.79 Å². The molecular formula is C10H17ClN4O. The number of amides is 1. The highest BCUT2D eigenvalue weighted by Crippen LogP contribution is 2.03. The van der Waals surface area contributed by atoms with Crippen LogP contribution < -0.4 is 10.6 Å². The Hall–Kier alpha value is -1.07. The normalized spacial score (nSPS) is 16.6. The largest absolute Gasteiger partial charge is 0.335 e. The standard InChI is InChI=1S/C10H16N4O.ClH/c1-8-12-6-7-14(8)10(15)13-9-2-4-11-5-3-9;/h6-7,9,11H,2-5H2,1H3,(H,13,15);1H. The number of nitrogens with zero attached hydrogens (tertiary/aromatic N) is 2. The van der Waals surface area contributed by atoms with Gasteiger partial charge in [-0.25, -0.2) is 9.78 Å². The second-order valence-corrected chi connectivity index (χ2v) is 3.82. The van der Waals surface area contributed by atoms with E-state index in [4.69, 9.17) is 0 Å². The molecule has 1 aliphatic rings. The average molecular weight is 245 g/mol. The molecule has 1 saturated heterocycles. The van der Waals surface area contributed by atoms with E-state index in [2.05, 4.69) is 15.6 Å². The van der Waals surface area contributed by atoms with Crippen LogP contribution in [-0.4, -0.2) is 34.7 Å². The van der Waals surface area contributed by atoms with Gasteiger partial charge in [0.15, 0.2) is 0 Å². The van der Waals surface area contributed by atoms with Crippen LogP contribution >= 0.6 is 12.4 Å². The molecule has 1 aromatic heterocycles. The lowest BCUT2D eigenvalue weighted by molar-refractivity contribution is 0.234. The summed E-state index contributed by atoms with van der Waals surface area (Å²) in [6.45, 7) is 3.78. The van der Waals surface area contributed by atoms with Crippen LogP contribution in [0.5, 0.6) is 0 Å². The van der Waals surface area contributed by atoms with E-state index in [1.54, 1.807) is 17.0 Å². The van der Waals surface area contributed by atoms with Gasteiger partial charge >= 0.3 is 6.03 Å². The van der Waals surface area contributed by atoms with Gasteiger partial charge in [0.25, 0.3) is 0 Å². The molecule has 5 nitrogen and oxygen atoms in total. The third kappa shape index (κ3) is 2.96. The van der Waals surface area contributed by atoms with Gasteiger partial charge in [-0.2, -0.15) is 0 Å². The lowest BCUT2D eigenvalue weighted by Crippen LogP contribution is -2.44. The molecule has 16 heavy (non-hydrogen) atoms. The zero-order valence-corrected chi connectivity index (χ0v) is 10.1. The molecule has 0 bridgehead atoms. The summed E-state index contributed by atoms with van der Waals surface area (Å²) in [5.41, 5.74) is 0. The van der Waals surface area contributed by atoms with Crippen LogP contribution in [0.25, 0.3) is 0 Å². The highest BCUT2D eigenvalue weighted by Gasteiger charge is 2.16. The van der Waals surface area contributed by atoms with E-state index in [-0.39, 0.29) is 18.4 Å². The van der Waals surface area contributed by atoms with E-state index in [9.17, 15) is 4.79 Å². The van der Waals surface area contributed by atoms with Gasteiger partial charge in [0.05, 0.1) is 0 Å². The molecule has 0 aromatic carbocycles. The smallest absolute Gasteiger partial charge is 0.327 e. The summed E-state index contributed by atoms with van der Waals surface area (Å²) in [6, 6.07) is 0.220. The van der Waals surface area contributed by atoms with Gasteiger partial charge in [-0.15, -0.1) is 12.4 Å². The maximum Gasteiger partial charge on any atom is 0.327 e. The van der Waals surface area contributed by atoms with Crippen LogP contribution in [0.2, 0.25) is 0 Å². The van der Waals surface area contributed by atoms with E-state index in [0.29, 0.717) is 6.04 Å². The van der Waals surface area contributed by atoms with Crippen molar-refractivity contribution in [3.8, 4) is 0 Å². The minimum atomic E-state index is -0.0723. The average Bonchev–Trinajstić information content (AvgIpc) is 2.66. The molecule has 2 rings (SSSR count). The molecular weight excluding hydrogens is 228 g/mol. The predicted octanol–water partition coefficient (Wildman–Crippen LogP) is 0.923. The molecule has 0 unspecified atom stereocenters. The third-order valence-electron chi connectivity index (χ3n) is 2.71. The van der Waals surface area contributed by atoms with Crippen molar-refractivity contribution in [2.75, 3.05) is 13.1 Å². The summed E-state index contributed by atoms with van der Waals surface area (Å²) in [7, 11) is 0. The fourth-order valence-electron chi connectivity index (χ4n) is 1.80. The molecule has 1 fully saturated rings. The fraction of sp³-hybridized carbons (Fsp3) is 0.600. The Morgan fingerprint density at radius 3 is 2.81 bits per heavy atom. The molecule has 1 aliphatic heterocycles. The molecule has 1 amide bonds. The van der Waals surface area contributed by atoms with Crippen molar-refractivity contribution in [1.29, 1.82) is 0 Å². The predicted molar refractivity (Wildman–Crippen MR) is 64.0 cm³/mol. The molecule has 0 radical (unpaired) electrons. The molecule has 0 spiro atoms. The highest BCUT2D eigenvalue weighted by molar-refractivity contribution is 5.85. The monoisotopic (exact) mass is 244 g/mol. The first kappa shape index (κ1) is 13.0. The van der Waals surface area contributed by atoms with Gasteiger partial charge < -0.3 is 10.6 Å². The van der Waals surface area contributed by atoms with Gasteiger partial charge in [0.2, 0.25) is 0 Å². The summed E-state index contributed by atoms with van der Waals surface area (Å²) in [4.78, 5) is 15.8. The number of piperidine rings is 1. The Labute approximate surface area is 101 Å². The van der Waals surface area contributed by atoms with Gasteiger partial charge in [-0.3, -0.25) is 4.57 Å². The van der Waals surface area contributed by atoms with E-state index in [0.717, 1.165) is 31.8 Å². The number of imidazole rings is 1. The molecule has 6 heteroatoms. The van der Waals surface area contributed by atoms with Gasteiger partial charge in [-0.1, -0.05) is 0 Å². The molecule has 0 saturated carbocycles. The molecule has 2 heterocycles. The SMILES string of the molecule is Cc1nccn1C(=O)NC1CCNCC1.Cl. The van der Waals surface area contributed by atoms with Crippen molar-refractivity contribution in [1.82, 2.24) is 20.2 Å². The molecule has 0 atom stereocenters. The quantitative estimate of drug-likeness (QED) is 0.773. The Kier molecular flexibility index (Phi) is 4.76. The topological polar surface area (TPSA) is 59.0 Å². The number of carbonyl (C=O) groups is 1. The lowest BCUT2D eigenvalue weighted by Gasteiger charge is -2.23. The number of hydrogen-bond acceptors (Lipinski definition) is 3. The summed E-state index contributed by atoms with van der Waals surface area (Å²) in [6.07, 6.45) is 5.32. The van der Waals surface area contributed by atoms with Crippen LogP contribution in [0.4, 0.5) is 4.79 Å². The van der Waals surface area contributed by atoms with Crippen LogP contribution in [0.1, 0.15) is 18.7 Å². The number of aromatic nitrogens is 2. The highest BCUT2D eigenvalue weighted by atomic mass is 35.5. The number of nitrogens with one attached hydrogen (secondary N) is 2. The molecule has 90 valence electrons. The maximum absolute atomic E-state index is 11.8. The van der Waals surface area contributed by atoms with Crippen LogP contribution in [0.3, 0.4) is 0 Å². The Balaban J connectivity index is 0.00000128. The first-order chi connectivity index (χ1) is 7.27. The van der Waals surface area contributed by atoms with Gasteiger partial charge in [0, 0.05) is 18.4 Å². The van der Waals surface area contributed by atoms with E-state index in [1.807, 2.05) is 6.92 Å². The van der Waals surface area contributed by atoms with Gasteiger partial charge in [0.1, 0.15) is 5.82 Å². The second kappa shape index (κ2) is 5.86. The van der Waals surface area contributed by atoms with Crippen LogP contribution in [-0.2, 0) is 0 Å². The van der Waals surface area contributed by atoms with E-state index >= 15 is 0 Å². The summed E-state index contributed by atoms with van der Waals surface area (Å²) in [5.74, 6) is 0.724. The number of halogens is 1. The number of hydrogen-bond donors (Lipinski definition) is 2. The van der Waals surface area contributed by atoms with E-state index in [1.165, 1.54) is 0 Å². The first-order valence-corrected chi connectivity index (χ1v) is 5.29. The van der Waals surface area contributed by atoms with Crippen LogP contribution in [0, 0.1) is 6.92 Å². The molecule has 1 aromatic rings. The Morgan fingerprint density at radius 1 is 1.56 bits per heavy atom. The minimum absolute atomic E-state index is 0. The number of aryl methyl sites for hydroxylation is 1. The molecule has 0 aliphatic carbocycles. The zero-order valence-electron chi connectivity index (χ0n) is 9.27. The zero-order chi connectivity index (χ0) is 10.7. The maximum atomic E-state index is 11.8. The number of carbonyl (C=O) groups excluding carboxylic acids is 1. The number of rotatable bonds is 1. The fourth-order valence-corrected chi connectivity index (χ4v) is 1.80. The second-order valence-electron chi connectivity index (χ2n) is 3.82. The third-order valence-corrected chi connectivity index (χ3v) is 2.71. The van der Waals surface area contributed by atoms with Crippen molar-refractivity contribution in [2.24, 2.45) is 0 Å². The Bertz CT molecular complexity index is 346. The molecule has 2 N–H and O–H groups in total. The van der Waals surface area contributed by atoms with Crippen molar-refractivity contribution in [2.45, 2.75) is 25.8 Å². The summed E-state index contributed by atoms with van der Waals surface area (Å²) >= 11 is 0. The van der Waals surface area contributed by atoms with Crippen molar-refractivity contribution in [3.05, 3.63) is 18.2 Å². The van der Waals surface area contributed by atoms with Crippen molar-refractivity contribution in [3.63, 3.8) is 0 Å². The lowest BCUT2D eigenvalue weighted by atomic mass is 10.1. The van der Waals surface area contributed by atoms with E-state index < -0.39 is 0 Å².